The Balaban J connectivity index is 1.39. The second kappa shape index (κ2) is 12.3. The number of aromatic nitrogens is 1. The first-order valence-electron chi connectivity index (χ1n) is 12.1. The van der Waals surface area contributed by atoms with Crippen molar-refractivity contribution >= 4 is 45.1 Å². The summed E-state index contributed by atoms with van der Waals surface area (Å²) in [6, 6.07) is 23.8. The summed E-state index contributed by atoms with van der Waals surface area (Å²) in [5, 5.41) is 17.1. The summed E-state index contributed by atoms with van der Waals surface area (Å²) in [5.41, 5.74) is 8.37. The Morgan fingerprint density at radius 3 is 2.54 bits per heavy atom. The van der Waals surface area contributed by atoms with E-state index in [2.05, 4.69) is 75.1 Å². The third-order valence-electron chi connectivity index (χ3n) is 6.16. The number of alkyl halides is 1. The summed E-state index contributed by atoms with van der Waals surface area (Å²) in [5.74, 6) is 0. The molecule has 0 aliphatic carbocycles. The third-order valence-corrected chi connectivity index (χ3v) is 7.10. The van der Waals surface area contributed by atoms with Gasteiger partial charge < -0.3 is 20.1 Å². The van der Waals surface area contributed by atoms with Crippen LogP contribution in [0.25, 0.3) is 11.1 Å². The maximum Gasteiger partial charge on any atom is 0.150 e. The zero-order valence-corrected chi connectivity index (χ0v) is 23.0. The minimum Gasteiger partial charge on any atom is -0.369 e. The van der Waals surface area contributed by atoms with Crippen LogP contribution in [0.2, 0.25) is 0 Å². The molecule has 4 rings (SSSR count). The topological polar surface area (TPSA) is 48.7 Å². The Hall–Kier alpha value is -3.36. The van der Waals surface area contributed by atoms with E-state index in [0.29, 0.717) is 18.4 Å². The third kappa shape index (κ3) is 6.70. The van der Waals surface area contributed by atoms with Crippen molar-refractivity contribution in [2.24, 2.45) is 0 Å². The van der Waals surface area contributed by atoms with Crippen molar-refractivity contribution < 1.29 is 9.50 Å². The average molecular weight is 608 g/mol. The van der Waals surface area contributed by atoms with E-state index in [1.165, 1.54) is 0 Å². The number of halogens is 2. The summed E-state index contributed by atoms with van der Waals surface area (Å²) >= 11 is 2.24. The molecule has 1 atom stereocenters. The van der Waals surface area contributed by atoms with Crippen LogP contribution in [0.5, 0.6) is 0 Å². The van der Waals surface area contributed by atoms with Crippen molar-refractivity contribution in [3.8, 4) is 0 Å². The van der Waals surface area contributed by atoms with Crippen molar-refractivity contribution in [3.63, 3.8) is 0 Å². The minimum atomic E-state index is -0.805. The van der Waals surface area contributed by atoms with Gasteiger partial charge >= 0.3 is 0 Å². The number of hydrogen-bond acceptors (Lipinski definition) is 3. The lowest BCUT2D eigenvalue weighted by atomic mass is 10.1. The van der Waals surface area contributed by atoms with Crippen LogP contribution < -0.4 is 10.6 Å². The van der Waals surface area contributed by atoms with E-state index in [0.717, 1.165) is 48.6 Å². The van der Waals surface area contributed by atoms with E-state index in [4.69, 9.17) is 0 Å². The lowest BCUT2D eigenvalue weighted by Gasteiger charge is -2.17. The van der Waals surface area contributed by atoms with Crippen molar-refractivity contribution in [1.29, 1.82) is 0 Å². The number of pyridine rings is 1. The fraction of sp³-hybridized carbons (Fsp3) is 0.161. The molecule has 3 N–H and O–H groups in total. The first-order chi connectivity index (χ1) is 17.9. The number of fused-ring (bicyclic) bond motifs is 1. The molecule has 37 heavy (non-hydrogen) atoms. The van der Waals surface area contributed by atoms with Gasteiger partial charge in [-0.2, -0.15) is 0 Å². The Morgan fingerprint density at radius 2 is 1.84 bits per heavy atom. The number of aliphatic hydroxyl groups is 1. The van der Waals surface area contributed by atoms with Gasteiger partial charge in [0.2, 0.25) is 0 Å². The molecule has 4 nitrogen and oxygen atoms in total. The van der Waals surface area contributed by atoms with Gasteiger partial charge in [-0.05, 0) is 101 Å². The molecule has 1 unspecified atom stereocenters. The highest BCUT2D eigenvalue weighted by Crippen LogP contribution is 2.27. The van der Waals surface area contributed by atoms with Crippen LogP contribution in [0, 0.1) is 3.57 Å². The molecule has 6 heteroatoms. The predicted molar refractivity (Wildman–Crippen MR) is 161 cm³/mol. The lowest BCUT2D eigenvalue weighted by Crippen LogP contribution is -2.10. The molecule has 0 bridgehead atoms. The Labute approximate surface area is 231 Å². The van der Waals surface area contributed by atoms with Crippen LogP contribution in [-0.4, -0.2) is 16.2 Å². The summed E-state index contributed by atoms with van der Waals surface area (Å²) in [6.45, 7) is 9.54. The van der Waals surface area contributed by atoms with Crippen molar-refractivity contribution in [1.82, 2.24) is 4.40 Å². The van der Waals surface area contributed by atoms with Crippen molar-refractivity contribution in [2.75, 3.05) is 17.3 Å². The number of hydrogen-bond donors (Lipinski definition) is 3. The molecular weight excluding hydrogens is 576 g/mol. The van der Waals surface area contributed by atoms with E-state index >= 15 is 0 Å². The number of para-hydroxylation sites is 1. The minimum absolute atomic E-state index is 0.497. The Bertz CT molecular complexity index is 1440. The highest BCUT2D eigenvalue weighted by molar-refractivity contribution is 14.1. The molecule has 0 saturated carbocycles. The molecule has 0 aliphatic heterocycles. The molecule has 0 aliphatic rings. The Morgan fingerprint density at radius 1 is 1.08 bits per heavy atom. The lowest BCUT2D eigenvalue weighted by molar-refractivity contribution is 0.208. The normalized spacial score (nSPS) is 12.4. The van der Waals surface area contributed by atoms with Gasteiger partial charge in [-0.15, -0.1) is 0 Å². The number of nitrogens with one attached hydrogen (secondary N) is 2. The molecule has 2 aromatic carbocycles. The molecule has 0 amide bonds. The largest absolute Gasteiger partial charge is 0.369 e. The van der Waals surface area contributed by atoms with E-state index in [9.17, 15) is 9.50 Å². The summed E-state index contributed by atoms with van der Waals surface area (Å²) in [6.07, 6.45) is 4.52. The number of nitrogens with zero attached hydrogens (tertiary/aromatic N) is 1. The highest BCUT2D eigenvalue weighted by Gasteiger charge is 2.11. The van der Waals surface area contributed by atoms with Gasteiger partial charge in [-0.25, -0.2) is 4.39 Å². The van der Waals surface area contributed by atoms with E-state index in [1.807, 2.05) is 67.7 Å². The molecule has 2 heterocycles. The van der Waals surface area contributed by atoms with Crippen molar-refractivity contribution in [3.05, 3.63) is 130 Å². The van der Waals surface area contributed by atoms with Crippen LogP contribution in [0.4, 0.5) is 15.8 Å². The molecule has 0 saturated heterocycles. The van der Waals surface area contributed by atoms with Gasteiger partial charge in [0.05, 0.1) is 0 Å². The highest BCUT2D eigenvalue weighted by atomic mass is 127. The second-order valence-electron chi connectivity index (χ2n) is 8.98. The SMILES string of the molecule is C=C(CF)Cc1ccn2c(/C(=C/C)CC(=C)Nc3ccc(C(O)Nc4ccccc4I)cc3)ccc2c1. The predicted octanol–water partition coefficient (Wildman–Crippen LogP) is 8.13. The fourth-order valence-electron chi connectivity index (χ4n) is 4.24. The van der Waals surface area contributed by atoms with Crippen LogP contribution in [0.15, 0.2) is 109 Å². The molecule has 0 spiro atoms. The average Bonchev–Trinajstić information content (AvgIpc) is 3.32. The molecular formula is C31H31FIN3O. The number of aliphatic hydroxyl groups excluding tert-OH is 1. The molecule has 0 fully saturated rings. The molecule has 190 valence electrons. The summed E-state index contributed by atoms with van der Waals surface area (Å²) < 4.78 is 16.0. The molecule has 0 radical (unpaired) electrons. The number of allylic oxidation sites excluding steroid dienone is 3. The van der Waals surface area contributed by atoms with Crippen molar-refractivity contribution in [2.45, 2.75) is 26.0 Å². The second-order valence-corrected chi connectivity index (χ2v) is 10.1. The maximum absolute atomic E-state index is 12.8. The number of rotatable bonds is 11. The van der Waals surface area contributed by atoms with Crippen LogP contribution in [0.1, 0.15) is 36.4 Å². The monoisotopic (exact) mass is 607 g/mol. The van der Waals surface area contributed by atoms with E-state index in [-0.39, 0.29) is 0 Å². The Kier molecular flexibility index (Phi) is 8.84. The van der Waals surface area contributed by atoms with Gasteiger partial charge in [-0.3, -0.25) is 0 Å². The van der Waals surface area contributed by atoms with Gasteiger partial charge in [0.1, 0.15) is 6.67 Å². The quantitative estimate of drug-likeness (QED) is 0.0917. The van der Waals surface area contributed by atoms with E-state index in [1.54, 1.807) is 0 Å². The first-order valence-corrected chi connectivity index (χ1v) is 13.2. The summed E-state index contributed by atoms with van der Waals surface area (Å²) in [4.78, 5) is 0. The summed E-state index contributed by atoms with van der Waals surface area (Å²) in [7, 11) is 0. The van der Waals surface area contributed by atoms with Gasteiger partial charge in [0.15, 0.2) is 6.23 Å². The number of anilines is 2. The van der Waals surface area contributed by atoms with Crippen LogP contribution >= 0.6 is 22.6 Å². The molecule has 2 aromatic heterocycles. The first kappa shape index (κ1) is 26.7. The van der Waals surface area contributed by atoms with Gasteiger partial charge in [-0.1, -0.05) is 43.5 Å². The maximum atomic E-state index is 12.8. The zero-order valence-electron chi connectivity index (χ0n) is 20.8. The molecule has 4 aromatic rings. The fourth-order valence-corrected chi connectivity index (χ4v) is 4.78. The van der Waals surface area contributed by atoms with Crippen LogP contribution in [-0.2, 0) is 6.42 Å². The zero-order chi connectivity index (χ0) is 26.4. The smallest absolute Gasteiger partial charge is 0.150 e. The van der Waals surface area contributed by atoms with Crippen LogP contribution in [0.3, 0.4) is 0 Å². The standard InChI is InChI=1S/C31H31FIN3O/c1-4-24(30-14-13-27-19-23(15-16-36(27)30)17-21(2)20-32)18-22(3)34-26-11-9-25(10-12-26)31(37)35-29-8-6-5-7-28(29)33/h4-16,19,31,34-35,37H,2-3,17-18,20H2,1H3/b24-4+. The van der Waals surface area contributed by atoms with Gasteiger partial charge in [0.25, 0.3) is 0 Å². The van der Waals surface area contributed by atoms with Gasteiger partial charge in [0, 0.05) is 50.0 Å². The van der Waals surface area contributed by atoms with E-state index < -0.39 is 12.9 Å². The number of benzene rings is 2.